The first-order valence-electron chi connectivity index (χ1n) is 16.3. The molecule has 0 spiro atoms. The first kappa shape index (κ1) is 26.8. The van der Waals surface area contributed by atoms with Gasteiger partial charge in [-0.2, -0.15) is 0 Å². The Morgan fingerprint density at radius 3 is 2.00 bits per heavy atom. The number of nitrogens with zero attached hydrogens (tertiary/aromatic N) is 1. The molecule has 0 aliphatic rings. The molecular weight excluding hydrogens is 558 g/mol. The lowest BCUT2D eigenvalue weighted by Crippen LogP contribution is -1.93. The lowest BCUT2D eigenvalue weighted by Gasteiger charge is -2.10. The third kappa shape index (κ3) is 4.33. The summed E-state index contributed by atoms with van der Waals surface area (Å²) in [5.41, 5.74) is 11.8. The van der Waals surface area contributed by atoms with Gasteiger partial charge in [-0.1, -0.05) is 116 Å². The van der Waals surface area contributed by atoms with Gasteiger partial charge in [-0.15, -0.1) is 0 Å². The lowest BCUT2D eigenvalue weighted by molar-refractivity contribution is 0.658. The fourth-order valence-electron chi connectivity index (χ4n) is 7.20. The number of rotatable bonds is 6. The summed E-state index contributed by atoms with van der Waals surface area (Å²) in [5.74, 6) is 0. The zero-order chi connectivity index (χ0) is 30.6. The maximum Gasteiger partial charge on any atom is 0.138 e. The average molecular weight is 592 g/mol. The fraction of sp³-hybridized carbons (Fsp3) is 0.0909. The number of benzene rings is 7. The molecule has 0 bridgehead atoms. The Hall–Kier alpha value is -5.60. The van der Waals surface area contributed by atoms with Gasteiger partial charge in [0.25, 0.3) is 0 Å². The lowest BCUT2D eigenvalue weighted by atomic mass is 9.98. The van der Waals surface area contributed by atoms with E-state index in [2.05, 4.69) is 157 Å². The Morgan fingerprint density at radius 1 is 0.500 bits per heavy atom. The van der Waals surface area contributed by atoms with Crippen LogP contribution in [0.4, 0.5) is 0 Å². The van der Waals surface area contributed by atoms with Gasteiger partial charge >= 0.3 is 0 Å². The molecule has 0 saturated carbocycles. The van der Waals surface area contributed by atoms with E-state index in [0.29, 0.717) is 0 Å². The maximum absolute atomic E-state index is 6.36. The van der Waals surface area contributed by atoms with Crippen LogP contribution in [-0.2, 0) is 6.42 Å². The second-order valence-electron chi connectivity index (χ2n) is 12.4. The van der Waals surface area contributed by atoms with Gasteiger partial charge in [0.15, 0.2) is 0 Å². The third-order valence-corrected chi connectivity index (χ3v) is 9.59. The third-order valence-electron chi connectivity index (χ3n) is 9.59. The van der Waals surface area contributed by atoms with Crippen LogP contribution in [0.3, 0.4) is 0 Å². The maximum atomic E-state index is 6.36. The molecular formula is C44H33NO. The topological polar surface area (TPSA) is 18.1 Å². The van der Waals surface area contributed by atoms with Gasteiger partial charge in [0.05, 0.1) is 11.0 Å². The number of fused-ring (bicyclic) bond motifs is 7. The average Bonchev–Trinajstić information content (AvgIpc) is 3.66. The first-order chi connectivity index (χ1) is 22.7. The highest BCUT2D eigenvalue weighted by atomic mass is 16.3. The molecule has 9 aromatic rings. The van der Waals surface area contributed by atoms with Crippen LogP contribution in [0.1, 0.15) is 25.3 Å². The van der Waals surface area contributed by atoms with E-state index < -0.39 is 0 Å². The van der Waals surface area contributed by atoms with Crippen LogP contribution in [-0.4, -0.2) is 4.57 Å². The Morgan fingerprint density at radius 2 is 1.17 bits per heavy atom. The normalized spacial score (nSPS) is 11.8. The zero-order valence-electron chi connectivity index (χ0n) is 25.8. The van der Waals surface area contributed by atoms with Crippen molar-refractivity contribution >= 4 is 54.5 Å². The van der Waals surface area contributed by atoms with Crippen LogP contribution in [0, 0.1) is 0 Å². The molecule has 0 fully saturated rings. The van der Waals surface area contributed by atoms with Crippen molar-refractivity contribution in [3.63, 3.8) is 0 Å². The predicted molar refractivity (Wildman–Crippen MR) is 195 cm³/mol. The number of hydrogen-bond donors (Lipinski definition) is 0. The van der Waals surface area contributed by atoms with E-state index in [1.54, 1.807) is 0 Å². The van der Waals surface area contributed by atoms with Crippen molar-refractivity contribution in [2.24, 2.45) is 0 Å². The van der Waals surface area contributed by atoms with Crippen LogP contribution in [0.2, 0.25) is 0 Å². The summed E-state index contributed by atoms with van der Waals surface area (Å²) in [5, 5.41) is 7.43. The van der Waals surface area contributed by atoms with Gasteiger partial charge in [-0.25, -0.2) is 0 Å². The second kappa shape index (κ2) is 10.8. The van der Waals surface area contributed by atoms with Gasteiger partial charge < -0.3 is 8.98 Å². The number of unbranched alkanes of at least 4 members (excludes halogenated alkanes) is 1. The largest absolute Gasteiger partial charge is 0.456 e. The molecule has 0 saturated heterocycles. The Bertz CT molecular complexity index is 2560. The van der Waals surface area contributed by atoms with E-state index in [0.717, 1.165) is 17.6 Å². The van der Waals surface area contributed by atoms with E-state index in [-0.39, 0.29) is 0 Å². The van der Waals surface area contributed by atoms with Crippen LogP contribution in [0.25, 0.3) is 82.5 Å². The van der Waals surface area contributed by atoms with Gasteiger partial charge in [-0.05, 0) is 93.9 Å². The molecule has 9 rings (SSSR count). The highest BCUT2D eigenvalue weighted by Gasteiger charge is 2.15. The predicted octanol–water partition coefficient (Wildman–Crippen LogP) is 12.5. The molecule has 220 valence electrons. The number of hydrogen-bond acceptors (Lipinski definition) is 1. The molecule has 0 amide bonds. The van der Waals surface area contributed by atoms with Crippen molar-refractivity contribution in [1.82, 2.24) is 4.57 Å². The minimum Gasteiger partial charge on any atom is -0.456 e. The zero-order valence-corrected chi connectivity index (χ0v) is 25.8. The number of furan rings is 1. The highest BCUT2D eigenvalue weighted by Crippen LogP contribution is 2.37. The monoisotopic (exact) mass is 591 g/mol. The van der Waals surface area contributed by atoms with Crippen LogP contribution < -0.4 is 0 Å². The molecule has 0 radical (unpaired) electrons. The van der Waals surface area contributed by atoms with E-state index in [4.69, 9.17) is 4.42 Å². The van der Waals surface area contributed by atoms with Crippen molar-refractivity contribution in [3.05, 3.63) is 151 Å². The van der Waals surface area contributed by atoms with Gasteiger partial charge in [-0.3, -0.25) is 0 Å². The summed E-state index contributed by atoms with van der Waals surface area (Å²) >= 11 is 0. The van der Waals surface area contributed by atoms with E-state index >= 15 is 0 Å². The SMILES string of the molecule is CCCCc1cccc2c1oc1ccc(-c3ccc(-c4ccc5c(c4)c4ccccc4n5-c4ccc5ccccc5c4)cc3)cc12. The Labute approximate surface area is 268 Å². The molecule has 0 aliphatic carbocycles. The second-order valence-corrected chi connectivity index (χ2v) is 12.4. The van der Waals surface area contributed by atoms with E-state index in [1.807, 2.05) is 0 Å². The van der Waals surface area contributed by atoms with Crippen molar-refractivity contribution in [1.29, 1.82) is 0 Å². The number of aryl methyl sites for hydroxylation is 1. The molecule has 0 atom stereocenters. The summed E-state index contributed by atoms with van der Waals surface area (Å²) in [6.07, 6.45) is 3.41. The molecule has 0 unspecified atom stereocenters. The highest BCUT2D eigenvalue weighted by molar-refractivity contribution is 6.11. The molecule has 7 aromatic carbocycles. The van der Waals surface area contributed by atoms with Crippen LogP contribution in [0.5, 0.6) is 0 Å². The molecule has 2 heterocycles. The Kier molecular flexibility index (Phi) is 6.28. The quantitative estimate of drug-likeness (QED) is 0.188. The molecule has 2 nitrogen and oxygen atoms in total. The van der Waals surface area contributed by atoms with Crippen molar-refractivity contribution in [2.75, 3.05) is 0 Å². The Balaban J connectivity index is 1.09. The van der Waals surface area contributed by atoms with Gasteiger partial charge in [0.1, 0.15) is 11.2 Å². The van der Waals surface area contributed by atoms with Crippen molar-refractivity contribution in [2.45, 2.75) is 26.2 Å². The van der Waals surface area contributed by atoms with E-state index in [9.17, 15) is 0 Å². The summed E-state index contributed by atoms with van der Waals surface area (Å²) < 4.78 is 8.76. The smallest absolute Gasteiger partial charge is 0.138 e. The van der Waals surface area contributed by atoms with Gasteiger partial charge in [0.2, 0.25) is 0 Å². The molecule has 0 N–H and O–H groups in total. The van der Waals surface area contributed by atoms with Gasteiger partial charge in [0, 0.05) is 27.2 Å². The first-order valence-corrected chi connectivity index (χ1v) is 16.3. The minimum atomic E-state index is 0.954. The van der Waals surface area contributed by atoms with Crippen LogP contribution in [0.15, 0.2) is 150 Å². The summed E-state index contributed by atoms with van der Waals surface area (Å²) in [6, 6.07) is 53.1. The standard InChI is InChI=1S/C44H33NO/c1-2-3-9-32-12-8-14-38-40-28-35(22-25-43(40)46-44(32)38)31-18-16-30(17-19-31)34-21-24-42-39(27-34)37-13-6-7-15-41(37)45(42)36-23-20-29-10-4-5-11-33(29)26-36/h4-8,10-28H,2-3,9H2,1H3. The van der Waals surface area contributed by atoms with Crippen molar-refractivity contribution < 1.29 is 4.42 Å². The fourth-order valence-corrected chi connectivity index (χ4v) is 7.20. The van der Waals surface area contributed by atoms with E-state index in [1.165, 1.54) is 89.7 Å². The van der Waals surface area contributed by atoms with Crippen LogP contribution >= 0.6 is 0 Å². The van der Waals surface area contributed by atoms with Crippen molar-refractivity contribution in [3.8, 4) is 27.9 Å². The minimum absolute atomic E-state index is 0.954. The summed E-state index contributed by atoms with van der Waals surface area (Å²) in [6.45, 7) is 2.24. The molecule has 2 aromatic heterocycles. The molecule has 46 heavy (non-hydrogen) atoms. The molecule has 0 aliphatic heterocycles. The summed E-state index contributed by atoms with van der Waals surface area (Å²) in [7, 11) is 0. The molecule has 2 heteroatoms. The number of aromatic nitrogens is 1. The number of para-hydroxylation sites is 2. The summed E-state index contributed by atoms with van der Waals surface area (Å²) in [4.78, 5) is 0.